The standard InChI is InChI=1S/C4H10O.HNO3/c1-3-5-4-2;2-1(3)4/h3-4H2,1-2H3;(H,2,3,4). The lowest BCUT2D eigenvalue weighted by molar-refractivity contribution is -0.742. The summed E-state index contributed by atoms with van der Waals surface area (Å²) in [4.78, 5) is 8.36. The van der Waals surface area contributed by atoms with E-state index in [1.807, 2.05) is 13.8 Å². The normalized spacial score (nSPS) is 7.33. The highest BCUT2D eigenvalue weighted by Gasteiger charge is 1.65. The highest BCUT2D eigenvalue weighted by atomic mass is 16.9. The summed E-state index contributed by atoms with van der Waals surface area (Å²) in [5.74, 6) is 0. The topological polar surface area (TPSA) is 72.6 Å². The second kappa shape index (κ2) is 10.2. The third-order valence-corrected chi connectivity index (χ3v) is 0.408. The smallest absolute Gasteiger partial charge is 0.291 e. The van der Waals surface area contributed by atoms with Crippen LogP contribution in [-0.2, 0) is 4.74 Å². The van der Waals surface area contributed by atoms with E-state index in [2.05, 4.69) is 0 Å². The summed E-state index contributed by atoms with van der Waals surface area (Å²) in [6.45, 7) is 5.67. The molecule has 56 valence electrons. The Kier molecular flexibility index (Phi) is 12.5. The van der Waals surface area contributed by atoms with Gasteiger partial charge in [0.1, 0.15) is 0 Å². The predicted octanol–water partition coefficient (Wildman–Crippen LogP) is 0.695. The highest BCUT2D eigenvalue weighted by molar-refractivity contribution is 4.07. The van der Waals surface area contributed by atoms with Gasteiger partial charge in [0.25, 0.3) is 5.09 Å². The zero-order valence-corrected chi connectivity index (χ0v) is 5.53. The largest absolute Gasteiger partial charge is 0.382 e. The molecule has 0 aromatic rings. The van der Waals surface area contributed by atoms with Gasteiger partial charge < -0.3 is 9.94 Å². The molecule has 0 saturated heterocycles. The minimum Gasteiger partial charge on any atom is -0.382 e. The van der Waals surface area contributed by atoms with Gasteiger partial charge in [-0.1, -0.05) is 0 Å². The van der Waals surface area contributed by atoms with E-state index >= 15 is 0 Å². The number of nitrogens with zero attached hydrogens (tertiary/aromatic N) is 1. The maximum absolute atomic E-state index is 8.36. The van der Waals surface area contributed by atoms with Crippen LogP contribution in [0.3, 0.4) is 0 Å². The van der Waals surface area contributed by atoms with Crippen LogP contribution < -0.4 is 0 Å². The fourth-order valence-corrected chi connectivity index (χ4v) is 0.204. The van der Waals surface area contributed by atoms with Crippen LogP contribution in [0.4, 0.5) is 0 Å². The Bertz CT molecular complexity index is 59.6. The van der Waals surface area contributed by atoms with Crippen molar-refractivity contribution in [1.82, 2.24) is 0 Å². The summed E-state index contributed by atoms with van der Waals surface area (Å²) in [5.41, 5.74) is 0. The molecule has 0 amide bonds. The van der Waals surface area contributed by atoms with Crippen LogP contribution in [0.25, 0.3) is 0 Å². The Morgan fingerprint density at radius 1 is 1.56 bits per heavy atom. The van der Waals surface area contributed by atoms with E-state index in [1.165, 1.54) is 0 Å². The molecular weight excluding hydrogens is 126 g/mol. The predicted molar refractivity (Wildman–Crippen MR) is 30.9 cm³/mol. The van der Waals surface area contributed by atoms with Gasteiger partial charge in [0.2, 0.25) is 0 Å². The van der Waals surface area contributed by atoms with Crippen LogP contribution in [0.2, 0.25) is 0 Å². The van der Waals surface area contributed by atoms with Crippen molar-refractivity contribution in [3.8, 4) is 0 Å². The van der Waals surface area contributed by atoms with Crippen molar-refractivity contribution in [3.63, 3.8) is 0 Å². The Morgan fingerprint density at radius 3 is 1.78 bits per heavy atom. The van der Waals surface area contributed by atoms with Crippen molar-refractivity contribution in [1.29, 1.82) is 0 Å². The van der Waals surface area contributed by atoms with Crippen molar-refractivity contribution < 1.29 is 15.0 Å². The van der Waals surface area contributed by atoms with Gasteiger partial charge in [-0.15, -0.1) is 10.1 Å². The van der Waals surface area contributed by atoms with E-state index in [-0.39, 0.29) is 0 Å². The lowest BCUT2D eigenvalue weighted by Crippen LogP contribution is -1.84. The monoisotopic (exact) mass is 137 g/mol. The highest BCUT2D eigenvalue weighted by Crippen LogP contribution is 1.64. The second-order valence-corrected chi connectivity index (χ2v) is 1.02. The summed E-state index contributed by atoms with van der Waals surface area (Å²) in [6, 6.07) is 0. The first kappa shape index (κ1) is 11.0. The van der Waals surface area contributed by atoms with Crippen molar-refractivity contribution in [2.24, 2.45) is 0 Å². The van der Waals surface area contributed by atoms with E-state index < -0.39 is 5.09 Å². The van der Waals surface area contributed by atoms with E-state index in [1.54, 1.807) is 0 Å². The molecule has 0 aliphatic heterocycles. The van der Waals surface area contributed by atoms with Crippen LogP contribution in [0.5, 0.6) is 0 Å². The first-order chi connectivity index (χ1) is 4.15. The van der Waals surface area contributed by atoms with Crippen molar-refractivity contribution in [2.75, 3.05) is 13.2 Å². The molecule has 0 rings (SSSR count). The molecule has 1 N–H and O–H groups in total. The van der Waals surface area contributed by atoms with Gasteiger partial charge >= 0.3 is 0 Å². The number of rotatable bonds is 2. The first-order valence-electron chi connectivity index (χ1n) is 2.56. The third kappa shape index (κ3) is 142. The molecule has 0 radical (unpaired) electrons. The van der Waals surface area contributed by atoms with Gasteiger partial charge in [0.05, 0.1) is 0 Å². The first-order valence-corrected chi connectivity index (χ1v) is 2.56. The number of hydrogen-bond acceptors (Lipinski definition) is 3. The molecule has 0 spiro atoms. The van der Waals surface area contributed by atoms with Gasteiger partial charge in [0.15, 0.2) is 0 Å². The molecular formula is C4H11NO4. The van der Waals surface area contributed by atoms with E-state index in [9.17, 15) is 0 Å². The Morgan fingerprint density at radius 2 is 1.78 bits per heavy atom. The van der Waals surface area contributed by atoms with Gasteiger partial charge in [0, 0.05) is 13.2 Å². The molecule has 0 aliphatic carbocycles. The minimum atomic E-state index is -1.50. The summed E-state index contributed by atoms with van der Waals surface area (Å²) >= 11 is 0. The molecule has 0 aliphatic rings. The molecule has 9 heavy (non-hydrogen) atoms. The summed E-state index contributed by atoms with van der Waals surface area (Å²) in [6.07, 6.45) is 0. The molecule has 0 heterocycles. The van der Waals surface area contributed by atoms with E-state index in [0.717, 1.165) is 13.2 Å². The molecule has 0 aromatic carbocycles. The maximum Gasteiger partial charge on any atom is 0.291 e. The van der Waals surface area contributed by atoms with Crippen LogP contribution in [-0.4, -0.2) is 23.5 Å². The molecule has 0 atom stereocenters. The van der Waals surface area contributed by atoms with Crippen molar-refractivity contribution in [3.05, 3.63) is 10.1 Å². The Hall–Kier alpha value is -0.840. The van der Waals surface area contributed by atoms with E-state index in [0.29, 0.717) is 0 Å². The zero-order valence-electron chi connectivity index (χ0n) is 5.53. The van der Waals surface area contributed by atoms with Gasteiger partial charge in [-0.05, 0) is 13.8 Å². The van der Waals surface area contributed by atoms with Crippen molar-refractivity contribution >= 4 is 0 Å². The molecule has 0 unspecified atom stereocenters. The van der Waals surface area contributed by atoms with Gasteiger partial charge in [-0.25, -0.2) is 0 Å². The molecule has 0 saturated carbocycles. The zero-order chi connectivity index (χ0) is 7.70. The number of ether oxygens (including phenoxy) is 1. The lowest BCUT2D eigenvalue weighted by atomic mass is 10.8. The molecule has 5 nitrogen and oxygen atoms in total. The molecule has 0 aromatic heterocycles. The van der Waals surface area contributed by atoms with Crippen molar-refractivity contribution in [2.45, 2.75) is 13.8 Å². The second-order valence-electron chi connectivity index (χ2n) is 1.02. The molecule has 0 bridgehead atoms. The van der Waals surface area contributed by atoms with Gasteiger partial charge in [-0.2, -0.15) is 0 Å². The Labute approximate surface area is 53.4 Å². The minimum absolute atomic E-state index is 0.844. The lowest BCUT2D eigenvalue weighted by Gasteiger charge is -1.86. The average Bonchev–Trinajstić information content (AvgIpc) is 1.66. The summed E-state index contributed by atoms with van der Waals surface area (Å²) in [5, 5.41) is 13.6. The van der Waals surface area contributed by atoms with Crippen LogP contribution >= 0.6 is 0 Å². The fraction of sp³-hybridized carbons (Fsp3) is 1.00. The third-order valence-electron chi connectivity index (χ3n) is 0.408. The average molecular weight is 137 g/mol. The van der Waals surface area contributed by atoms with Crippen LogP contribution in [0.15, 0.2) is 0 Å². The maximum atomic E-state index is 8.36. The van der Waals surface area contributed by atoms with Crippen LogP contribution in [0, 0.1) is 10.1 Å². The number of hydrogen-bond donors (Lipinski definition) is 1. The quantitative estimate of drug-likeness (QED) is 0.449. The molecule has 0 fully saturated rings. The van der Waals surface area contributed by atoms with Crippen LogP contribution in [0.1, 0.15) is 13.8 Å². The summed E-state index contributed by atoms with van der Waals surface area (Å²) in [7, 11) is 0. The Balaban J connectivity index is 0. The SMILES string of the molecule is CCOCC.O=[N+]([O-])O. The van der Waals surface area contributed by atoms with Gasteiger partial charge in [-0.3, -0.25) is 0 Å². The van der Waals surface area contributed by atoms with E-state index in [4.69, 9.17) is 20.1 Å². The summed E-state index contributed by atoms with van der Waals surface area (Å²) < 4.78 is 4.83. The fourth-order valence-electron chi connectivity index (χ4n) is 0.204. The molecule has 5 heteroatoms.